The van der Waals surface area contributed by atoms with Gasteiger partial charge in [-0.2, -0.15) is 0 Å². The molecule has 8 N–H and O–H groups in total. The summed E-state index contributed by atoms with van der Waals surface area (Å²) < 4.78 is 60.0. The van der Waals surface area contributed by atoms with Crippen LogP contribution in [-0.4, -0.2) is 86.4 Å². The molecule has 0 fully saturated rings. The minimum Gasteiger partial charge on any atom is -0.399 e. The number of sulfonamides is 2. The van der Waals surface area contributed by atoms with Crippen molar-refractivity contribution in [3.63, 3.8) is 0 Å². The van der Waals surface area contributed by atoms with Gasteiger partial charge in [0.15, 0.2) is 5.11 Å². The van der Waals surface area contributed by atoms with E-state index in [1.165, 1.54) is 44.6 Å². The van der Waals surface area contributed by atoms with Gasteiger partial charge in [-0.25, -0.2) is 50.8 Å². The molecule has 0 saturated carbocycles. The first-order chi connectivity index (χ1) is 41.4. The molecule has 0 aliphatic rings. The summed E-state index contributed by atoms with van der Waals surface area (Å²) in [6, 6.07) is 44.0. The molecule has 4 amide bonds. The van der Waals surface area contributed by atoms with Crippen molar-refractivity contribution >= 4 is 112 Å². The number of aliphatic imine (C=N–C) groups is 1. The molecule has 0 saturated heterocycles. The smallest absolute Gasteiger partial charge is 0.321 e. The fraction of sp³-hybridized carbons (Fsp3) is 0.303. The van der Waals surface area contributed by atoms with Crippen LogP contribution in [0.4, 0.5) is 32.3 Å². The van der Waals surface area contributed by atoms with E-state index in [0.717, 1.165) is 38.0 Å². The average molecular weight is 1330 g/mol. The van der Waals surface area contributed by atoms with Crippen LogP contribution in [0.1, 0.15) is 95.2 Å². The number of nitrogens with zero attached hydrogens (tertiary/aromatic N) is 5. The number of urea groups is 2. The molecule has 480 valence electrons. The highest BCUT2D eigenvalue weighted by Gasteiger charge is 2.29. The highest BCUT2D eigenvalue weighted by molar-refractivity contribution is 7.90. The number of hydrogen-bond acceptors (Lipinski definition) is 14. The fourth-order valence-electron chi connectivity index (χ4n) is 8.15. The second kappa shape index (κ2) is 33.3. The summed E-state index contributed by atoms with van der Waals surface area (Å²) >= 11 is 12.4. The zero-order valence-corrected chi connectivity index (χ0v) is 56.2. The van der Waals surface area contributed by atoms with Crippen LogP contribution in [-0.2, 0) is 33.1 Å². The molecule has 24 heteroatoms. The van der Waals surface area contributed by atoms with Crippen LogP contribution in [0.3, 0.4) is 0 Å². The van der Waals surface area contributed by atoms with Crippen LogP contribution in [0.15, 0.2) is 173 Å². The van der Waals surface area contributed by atoms with E-state index in [0.29, 0.717) is 62.2 Å². The van der Waals surface area contributed by atoms with Crippen molar-refractivity contribution in [3.05, 3.63) is 169 Å². The van der Waals surface area contributed by atoms with Crippen LogP contribution in [0.2, 0.25) is 0 Å². The minimum absolute atomic E-state index is 0. The Labute approximate surface area is 551 Å². The molecule has 2 aromatic heterocycles. The molecule has 0 spiro atoms. The van der Waals surface area contributed by atoms with Crippen molar-refractivity contribution < 1.29 is 26.4 Å². The number of benzene rings is 6. The van der Waals surface area contributed by atoms with E-state index in [1.54, 1.807) is 104 Å². The normalized spacial score (nSPS) is 11.2. The summed E-state index contributed by atoms with van der Waals surface area (Å²) in [6.07, 6.45) is 3.34. The van der Waals surface area contributed by atoms with E-state index >= 15 is 0 Å². The number of nitrogen functional groups attached to an aromatic ring is 1. The van der Waals surface area contributed by atoms with Crippen LogP contribution in [0.25, 0.3) is 42.0 Å². The zero-order valence-electron chi connectivity index (χ0n) is 51.3. The molecular formula is C66H84N12O6S6. The molecule has 2 heterocycles. The Kier molecular flexibility index (Phi) is 27.7. The molecule has 8 aromatic rings. The highest BCUT2D eigenvalue weighted by Crippen LogP contribution is 2.40. The first-order valence-corrected chi connectivity index (χ1v) is 33.3. The third kappa shape index (κ3) is 22.6. The largest absolute Gasteiger partial charge is 0.399 e. The van der Waals surface area contributed by atoms with Crippen molar-refractivity contribution in [1.82, 2.24) is 35.4 Å². The van der Waals surface area contributed by atoms with Crippen LogP contribution in [0, 0.1) is 0 Å². The molecule has 0 bridgehead atoms. The van der Waals surface area contributed by atoms with Gasteiger partial charge in [0.1, 0.15) is 10.0 Å². The van der Waals surface area contributed by atoms with Gasteiger partial charge in [-0.3, -0.25) is 9.80 Å². The average Bonchev–Trinajstić information content (AvgIpc) is 1.26. The second-order valence-electron chi connectivity index (χ2n) is 22.8. The lowest BCUT2D eigenvalue weighted by Gasteiger charge is -2.23. The van der Waals surface area contributed by atoms with E-state index in [4.69, 9.17) is 18.0 Å². The maximum atomic E-state index is 13.7. The van der Waals surface area contributed by atoms with Crippen molar-refractivity contribution in [2.45, 2.75) is 130 Å². The number of nitrogens with two attached hydrogens (primary N) is 1. The van der Waals surface area contributed by atoms with Crippen LogP contribution in [0.5, 0.6) is 0 Å². The summed E-state index contributed by atoms with van der Waals surface area (Å²) in [5, 5.41) is 16.4. The summed E-state index contributed by atoms with van der Waals surface area (Å²) in [7, 11) is -4.70. The topological polar surface area (TPSA) is 245 Å². The van der Waals surface area contributed by atoms with Gasteiger partial charge in [-0.15, -0.1) is 22.7 Å². The molecule has 18 nitrogen and oxygen atoms in total. The summed E-state index contributed by atoms with van der Waals surface area (Å²) in [5.74, 6) is 0. The summed E-state index contributed by atoms with van der Waals surface area (Å²) in [5.41, 5.74) is 11.5. The molecule has 0 aliphatic heterocycles. The Hall–Kier alpha value is -7.77. The molecule has 0 atom stereocenters. The number of aromatic nitrogens is 2. The molecule has 0 radical (unpaired) electrons. The number of amides is 4. The number of anilines is 4. The van der Waals surface area contributed by atoms with Crippen LogP contribution < -0.4 is 46.2 Å². The molecule has 6 aromatic carbocycles. The summed E-state index contributed by atoms with van der Waals surface area (Å²) in [6.45, 7) is 19.3. The molecular weight excluding hydrogens is 1250 g/mol. The molecule has 0 aliphatic carbocycles. The third-order valence-corrected chi connectivity index (χ3v) is 18.2. The lowest BCUT2D eigenvalue weighted by molar-refractivity contribution is 0.246. The van der Waals surface area contributed by atoms with E-state index in [2.05, 4.69) is 63.1 Å². The number of isothiocyanates is 1. The number of carbonyl (C=O) groups excluding carboxylic acids is 2. The quantitative estimate of drug-likeness (QED) is 0.0255. The Morgan fingerprint density at radius 1 is 0.611 bits per heavy atom. The van der Waals surface area contributed by atoms with E-state index < -0.39 is 31.1 Å². The van der Waals surface area contributed by atoms with Gasteiger partial charge < -0.3 is 27.0 Å². The van der Waals surface area contributed by atoms with E-state index in [1.807, 2.05) is 125 Å². The highest BCUT2D eigenvalue weighted by atomic mass is 32.2. The number of thiazole rings is 2. The van der Waals surface area contributed by atoms with Gasteiger partial charge in [-0.1, -0.05) is 87.6 Å². The lowest BCUT2D eigenvalue weighted by Crippen LogP contribution is -2.41. The Morgan fingerprint density at radius 2 is 1.00 bits per heavy atom. The van der Waals surface area contributed by atoms with Crippen molar-refractivity contribution in [1.29, 1.82) is 0 Å². The van der Waals surface area contributed by atoms with E-state index in [-0.39, 0.29) is 42.7 Å². The van der Waals surface area contributed by atoms with Gasteiger partial charge in [0.05, 0.1) is 30.7 Å². The zero-order chi connectivity index (χ0) is 64.6. The van der Waals surface area contributed by atoms with Crippen molar-refractivity contribution in [3.8, 4) is 42.0 Å². The Balaban J connectivity index is 0.000000348. The third-order valence-electron chi connectivity index (χ3n) is 12.2. The number of thiocarbonyl (C=S) groups is 2. The minimum atomic E-state index is -3.97. The molecule has 8 rings (SSSR count). The van der Waals surface area contributed by atoms with Gasteiger partial charge in [0.2, 0.25) is 20.0 Å². The number of rotatable bonds is 17. The second-order valence-corrected chi connectivity index (χ2v) is 28.8. The standard InChI is InChI=1S/C32H38N6O3S3.C28H31N5O3S2.C4H7NS.2CH4/c1-21(2)35-30(42)36-24-14-12-23(13-15-24)29-33-20-27(43-29)26-17-16-25(18-28(26)44(40,41)37-32(3,4)5)38(6)31(39)34-19-22-10-8-7-9-11-22;1-28(2,3)32-38(35,36)25-16-22(33(4)27(34)31-17-19-8-6-5-7-9-19)14-15-23(25)24-18-30-26(37-24)20-10-12-21(29)13-11-20;1-4(2)5-3-6;;/h7-18,20-21,37H,19H2,1-6H3,(H,34,39)(H2,35,36,42);5-16,18,32H,17,29H2,1-4H3,(H,31,34);4H,1-2H3;2*1H4. The van der Waals surface area contributed by atoms with Crippen LogP contribution >= 0.6 is 47.1 Å². The predicted molar refractivity (Wildman–Crippen MR) is 383 cm³/mol. The number of carbonyl (C=O) groups is 2. The maximum Gasteiger partial charge on any atom is 0.321 e. The fourth-order valence-corrected chi connectivity index (χ4v) is 14.1. The summed E-state index contributed by atoms with van der Waals surface area (Å²) in [4.78, 5) is 43.0. The number of nitrogens with one attached hydrogen (secondary N) is 6. The van der Waals surface area contributed by atoms with Gasteiger partial charge in [0.25, 0.3) is 0 Å². The Bertz CT molecular complexity index is 3940. The predicted octanol–water partition coefficient (Wildman–Crippen LogP) is 14.8. The van der Waals surface area contributed by atoms with Gasteiger partial charge in [-0.05, 0) is 178 Å². The molecule has 90 heavy (non-hydrogen) atoms. The van der Waals surface area contributed by atoms with Crippen molar-refractivity contribution in [2.24, 2.45) is 4.99 Å². The Morgan fingerprint density at radius 3 is 1.34 bits per heavy atom. The van der Waals surface area contributed by atoms with Gasteiger partial charge in [0, 0.05) is 102 Å². The SMILES string of the molecule is C.C.CC(C)N=C=S.CC(C)NC(=S)Nc1ccc(-c2ncc(-c3ccc(N(C)C(=O)NCc4ccccc4)cc3S(=O)(=O)NC(C)(C)C)s2)cc1.CN(C(=O)NCc1ccccc1)c1ccc(-c2cnc(-c3ccc(N)cc3)s2)c(S(=O)(=O)NC(C)(C)C)c1. The lowest BCUT2D eigenvalue weighted by atomic mass is 10.1. The first-order valence-electron chi connectivity index (χ1n) is 27.9. The van der Waals surface area contributed by atoms with E-state index in [9.17, 15) is 26.4 Å². The maximum absolute atomic E-state index is 13.7. The van der Waals surface area contributed by atoms with Crippen molar-refractivity contribution in [2.75, 3.05) is 34.9 Å². The number of hydrogen-bond donors (Lipinski definition) is 7. The molecule has 0 unspecified atom stereocenters. The van der Waals surface area contributed by atoms with Gasteiger partial charge >= 0.3 is 12.1 Å². The first kappa shape index (κ1) is 74.7. The monoisotopic (exact) mass is 1330 g/mol.